The maximum atomic E-state index is 13.6. The van der Waals surface area contributed by atoms with Crippen molar-refractivity contribution in [1.29, 1.82) is 0 Å². The molecule has 0 radical (unpaired) electrons. The van der Waals surface area contributed by atoms with Crippen molar-refractivity contribution in [2.75, 3.05) is 13.7 Å². The molecule has 1 atom stereocenters. The molecular formula is C22H22F2N2O3S2. The average Bonchev–Trinajstić information content (AvgIpc) is 3.32. The first-order valence-electron chi connectivity index (χ1n) is 10.1. The number of Topliss-reactive ketones (excluding diaryl/α,β-unsaturated/α-hetero) is 1. The van der Waals surface area contributed by atoms with Crippen molar-refractivity contribution in [3.8, 4) is 0 Å². The van der Waals surface area contributed by atoms with E-state index in [2.05, 4.69) is 0 Å². The maximum absolute atomic E-state index is 13.6. The molecular weight excluding hydrogens is 442 g/mol. The number of aromatic nitrogens is 2. The zero-order valence-corrected chi connectivity index (χ0v) is 18.9. The monoisotopic (exact) mass is 464 g/mol. The third-order valence-corrected chi connectivity index (χ3v) is 7.65. The first-order chi connectivity index (χ1) is 14.9. The van der Waals surface area contributed by atoms with Gasteiger partial charge in [-0.2, -0.15) is 0 Å². The number of fused-ring (bicyclic) bond motifs is 3. The van der Waals surface area contributed by atoms with E-state index in [1.54, 1.807) is 29.9 Å². The van der Waals surface area contributed by atoms with Gasteiger partial charge in [0.1, 0.15) is 4.83 Å². The Morgan fingerprint density at radius 3 is 2.87 bits per heavy atom. The van der Waals surface area contributed by atoms with E-state index in [1.165, 1.54) is 10.9 Å². The zero-order chi connectivity index (χ0) is 22.1. The first-order valence-corrected chi connectivity index (χ1v) is 11.8. The number of ketones is 1. The number of carbonyl (C=O) groups is 1. The van der Waals surface area contributed by atoms with Crippen molar-refractivity contribution in [2.24, 2.45) is 0 Å². The molecule has 0 fully saturated rings. The van der Waals surface area contributed by atoms with Gasteiger partial charge in [-0.1, -0.05) is 11.8 Å². The Kier molecular flexibility index (Phi) is 6.55. The normalized spacial score (nSPS) is 14.2. The van der Waals surface area contributed by atoms with Crippen LogP contribution in [0, 0.1) is 11.6 Å². The summed E-state index contributed by atoms with van der Waals surface area (Å²) >= 11 is 2.71. The Morgan fingerprint density at radius 2 is 2.13 bits per heavy atom. The van der Waals surface area contributed by atoms with E-state index in [1.807, 2.05) is 0 Å². The summed E-state index contributed by atoms with van der Waals surface area (Å²) in [6.45, 7) is 2.60. The fourth-order valence-electron chi connectivity index (χ4n) is 3.81. The van der Waals surface area contributed by atoms with E-state index in [0.717, 1.165) is 48.7 Å². The van der Waals surface area contributed by atoms with Gasteiger partial charge < -0.3 is 4.74 Å². The predicted octanol–water partition coefficient (Wildman–Crippen LogP) is 4.62. The van der Waals surface area contributed by atoms with Crippen molar-refractivity contribution >= 4 is 39.1 Å². The molecule has 0 N–H and O–H groups in total. The first kappa shape index (κ1) is 22.1. The number of aryl methyl sites for hydroxylation is 2. The van der Waals surface area contributed by atoms with Crippen LogP contribution in [0.1, 0.15) is 40.6 Å². The van der Waals surface area contributed by atoms with E-state index in [4.69, 9.17) is 9.72 Å². The molecule has 164 valence electrons. The summed E-state index contributed by atoms with van der Waals surface area (Å²) in [4.78, 5) is 32.8. The topological polar surface area (TPSA) is 61.2 Å². The third kappa shape index (κ3) is 4.31. The van der Waals surface area contributed by atoms with Crippen LogP contribution in [0.3, 0.4) is 0 Å². The fraction of sp³-hybridized carbons (Fsp3) is 0.409. The number of ether oxygens (including phenoxy) is 1. The lowest BCUT2D eigenvalue weighted by atomic mass is 10.1. The van der Waals surface area contributed by atoms with Crippen molar-refractivity contribution in [3.05, 3.63) is 56.2 Å². The number of thioether (sulfide) groups is 1. The summed E-state index contributed by atoms with van der Waals surface area (Å²) in [5.74, 6) is -2.41. The number of carbonyl (C=O) groups excluding carboxylic acids is 1. The summed E-state index contributed by atoms with van der Waals surface area (Å²) in [5.41, 5.74) is 1.11. The largest absolute Gasteiger partial charge is 0.385 e. The lowest BCUT2D eigenvalue weighted by Crippen LogP contribution is -2.25. The van der Waals surface area contributed by atoms with Gasteiger partial charge in [0.15, 0.2) is 22.6 Å². The number of halogens is 2. The van der Waals surface area contributed by atoms with Gasteiger partial charge >= 0.3 is 0 Å². The van der Waals surface area contributed by atoms with Crippen LogP contribution in [0.15, 0.2) is 28.2 Å². The molecule has 1 aromatic carbocycles. The van der Waals surface area contributed by atoms with Crippen LogP contribution in [0.2, 0.25) is 0 Å². The number of nitrogens with zero attached hydrogens (tertiary/aromatic N) is 2. The molecule has 9 heteroatoms. The minimum absolute atomic E-state index is 0.0864. The Bertz CT molecular complexity index is 1210. The van der Waals surface area contributed by atoms with E-state index in [9.17, 15) is 18.4 Å². The van der Waals surface area contributed by atoms with Crippen LogP contribution in [-0.2, 0) is 24.1 Å². The van der Waals surface area contributed by atoms with Gasteiger partial charge in [0, 0.05) is 30.7 Å². The van der Waals surface area contributed by atoms with Crippen molar-refractivity contribution < 1.29 is 18.3 Å². The van der Waals surface area contributed by atoms with Gasteiger partial charge in [-0.25, -0.2) is 13.8 Å². The molecule has 2 heterocycles. The molecule has 0 bridgehead atoms. The molecule has 0 saturated heterocycles. The molecule has 1 aliphatic carbocycles. The Hall–Kier alpha value is -2.10. The number of thiophene rings is 1. The molecule has 1 aliphatic rings. The SMILES string of the molecule is COCCCn1c(SC(C)C(=O)c2ccc(F)c(F)c2)nc2sc3c(c2c1=O)CCC3. The Balaban J connectivity index is 1.69. The minimum atomic E-state index is -1.06. The molecule has 0 amide bonds. The molecule has 0 spiro atoms. The third-order valence-electron chi connectivity index (χ3n) is 5.38. The van der Waals surface area contributed by atoms with Crippen LogP contribution >= 0.6 is 23.1 Å². The number of rotatable bonds is 8. The van der Waals surface area contributed by atoms with E-state index >= 15 is 0 Å². The number of benzene rings is 1. The van der Waals surface area contributed by atoms with Crippen molar-refractivity contribution in [3.63, 3.8) is 0 Å². The Morgan fingerprint density at radius 1 is 1.32 bits per heavy atom. The lowest BCUT2D eigenvalue weighted by Gasteiger charge is -2.15. The van der Waals surface area contributed by atoms with Gasteiger partial charge in [0.25, 0.3) is 5.56 Å². The molecule has 0 saturated carbocycles. The predicted molar refractivity (Wildman–Crippen MR) is 118 cm³/mol. The summed E-state index contributed by atoms with van der Waals surface area (Å²) < 4.78 is 33.5. The highest BCUT2D eigenvalue weighted by atomic mass is 32.2. The summed E-state index contributed by atoms with van der Waals surface area (Å²) in [5, 5.41) is 0.519. The fourth-order valence-corrected chi connectivity index (χ4v) is 6.12. The molecule has 4 rings (SSSR count). The summed E-state index contributed by atoms with van der Waals surface area (Å²) in [6, 6.07) is 3.11. The number of hydrogen-bond donors (Lipinski definition) is 0. The van der Waals surface area contributed by atoms with Crippen LogP contribution in [0.25, 0.3) is 10.2 Å². The highest BCUT2D eigenvalue weighted by molar-refractivity contribution is 8.00. The van der Waals surface area contributed by atoms with Gasteiger partial charge in [0.05, 0.1) is 10.6 Å². The van der Waals surface area contributed by atoms with Gasteiger partial charge in [-0.05, 0) is 56.4 Å². The molecule has 3 aromatic rings. The highest BCUT2D eigenvalue weighted by Gasteiger charge is 2.25. The quantitative estimate of drug-likeness (QED) is 0.211. The smallest absolute Gasteiger partial charge is 0.263 e. The zero-order valence-electron chi connectivity index (χ0n) is 17.2. The minimum Gasteiger partial charge on any atom is -0.385 e. The van der Waals surface area contributed by atoms with Crippen LogP contribution in [-0.4, -0.2) is 34.3 Å². The standard InChI is InChI=1S/C22H22F2N2O3S2/c1-12(19(27)13-7-8-15(23)16(24)11-13)30-22-25-20-18(14-5-3-6-17(14)31-20)21(28)26(22)9-4-10-29-2/h7-8,11-12H,3-6,9-10H2,1-2H3. The van der Waals surface area contributed by atoms with E-state index in [-0.39, 0.29) is 16.9 Å². The van der Waals surface area contributed by atoms with Crippen LogP contribution in [0.5, 0.6) is 0 Å². The number of hydrogen-bond acceptors (Lipinski definition) is 6. The molecule has 1 unspecified atom stereocenters. The molecule has 0 aliphatic heterocycles. The van der Waals surface area contributed by atoms with Crippen LogP contribution in [0.4, 0.5) is 8.78 Å². The Labute approximate surface area is 186 Å². The second-order valence-corrected chi connectivity index (χ2v) is 9.88. The van der Waals surface area contributed by atoms with E-state index in [0.29, 0.717) is 34.9 Å². The second kappa shape index (κ2) is 9.18. The summed E-state index contributed by atoms with van der Waals surface area (Å²) in [7, 11) is 1.61. The second-order valence-electron chi connectivity index (χ2n) is 7.49. The van der Waals surface area contributed by atoms with Crippen molar-refractivity contribution in [2.45, 2.75) is 49.6 Å². The summed E-state index contributed by atoms with van der Waals surface area (Å²) in [6.07, 6.45) is 3.54. The molecule has 5 nitrogen and oxygen atoms in total. The highest BCUT2D eigenvalue weighted by Crippen LogP contribution is 2.36. The molecule has 2 aromatic heterocycles. The van der Waals surface area contributed by atoms with Crippen LogP contribution < -0.4 is 5.56 Å². The molecule has 31 heavy (non-hydrogen) atoms. The average molecular weight is 465 g/mol. The lowest BCUT2D eigenvalue weighted by molar-refractivity contribution is 0.0993. The maximum Gasteiger partial charge on any atom is 0.263 e. The van der Waals surface area contributed by atoms with Gasteiger partial charge in [0.2, 0.25) is 0 Å². The van der Waals surface area contributed by atoms with Crippen molar-refractivity contribution in [1.82, 2.24) is 9.55 Å². The van der Waals surface area contributed by atoms with Gasteiger partial charge in [-0.15, -0.1) is 11.3 Å². The van der Waals surface area contributed by atoms with Gasteiger partial charge in [-0.3, -0.25) is 14.2 Å². The van der Waals surface area contributed by atoms with E-state index < -0.39 is 16.9 Å². The number of methoxy groups -OCH3 is 1.